The van der Waals surface area contributed by atoms with Gasteiger partial charge in [0.05, 0.1) is 5.69 Å². The highest BCUT2D eigenvalue weighted by atomic mass is 79.9. The van der Waals surface area contributed by atoms with Crippen molar-refractivity contribution >= 4 is 49.5 Å². The van der Waals surface area contributed by atoms with Crippen molar-refractivity contribution in [3.63, 3.8) is 0 Å². The maximum atomic E-state index is 10.5. The molecule has 0 aromatic heterocycles. The summed E-state index contributed by atoms with van der Waals surface area (Å²) in [5.74, 6) is -0.0544. The zero-order valence-corrected chi connectivity index (χ0v) is 10.7. The number of hydrogen-bond acceptors (Lipinski definition) is 2. The van der Waals surface area contributed by atoms with Crippen LogP contribution >= 0.6 is 31.9 Å². The van der Waals surface area contributed by atoms with E-state index in [0.29, 0.717) is 5.69 Å². The predicted molar refractivity (Wildman–Crippen MR) is 65.8 cm³/mol. The minimum Gasteiger partial charge on any atom is -0.369 e. The Labute approximate surface area is 103 Å². The third-order valence-corrected chi connectivity index (χ3v) is 2.56. The zero-order chi connectivity index (χ0) is 11.4. The van der Waals surface area contributed by atoms with Crippen molar-refractivity contribution in [1.82, 2.24) is 5.32 Å². The van der Waals surface area contributed by atoms with Gasteiger partial charge in [-0.25, -0.2) is 9.79 Å². The quantitative estimate of drug-likeness (QED) is 0.539. The number of aliphatic imine (C=N–C) groups is 1. The minimum atomic E-state index is -0.748. The molecule has 0 saturated carbocycles. The normalized spacial score (nSPS) is 11.2. The molecule has 5 nitrogen and oxygen atoms in total. The number of nitrogens with two attached hydrogens (primary N) is 2. The molecule has 0 unspecified atom stereocenters. The van der Waals surface area contributed by atoms with Crippen LogP contribution in [0.4, 0.5) is 10.5 Å². The highest BCUT2D eigenvalue weighted by molar-refractivity contribution is 9.11. The molecule has 1 rings (SSSR count). The number of primary amides is 1. The molecule has 7 heteroatoms. The Bertz CT molecular complexity index is 419. The molecular formula is C8H8Br2N4O. The van der Waals surface area contributed by atoms with E-state index < -0.39 is 6.03 Å². The van der Waals surface area contributed by atoms with E-state index in [4.69, 9.17) is 11.5 Å². The number of nitrogens with one attached hydrogen (secondary N) is 1. The lowest BCUT2D eigenvalue weighted by Gasteiger charge is -2.02. The first kappa shape index (κ1) is 12.0. The Morgan fingerprint density at radius 2 is 2.00 bits per heavy atom. The van der Waals surface area contributed by atoms with Gasteiger partial charge in [-0.1, -0.05) is 15.9 Å². The van der Waals surface area contributed by atoms with Crippen LogP contribution in [0.5, 0.6) is 0 Å². The molecule has 1 aromatic rings. The number of benzene rings is 1. The van der Waals surface area contributed by atoms with Gasteiger partial charge in [0.15, 0.2) is 0 Å². The largest absolute Gasteiger partial charge is 0.369 e. The molecule has 0 saturated heterocycles. The van der Waals surface area contributed by atoms with Gasteiger partial charge in [-0.3, -0.25) is 5.32 Å². The first-order chi connectivity index (χ1) is 6.99. The number of halogens is 2. The van der Waals surface area contributed by atoms with Crippen LogP contribution in [0.2, 0.25) is 0 Å². The molecule has 0 fully saturated rings. The Kier molecular flexibility index (Phi) is 4.10. The van der Waals surface area contributed by atoms with Gasteiger partial charge < -0.3 is 11.5 Å². The lowest BCUT2D eigenvalue weighted by molar-refractivity contribution is 0.253. The Balaban J connectivity index is 2.96. The monoisotopic (exact) mass is 334 g/mol. The van der Waals surface area contributed by atoms with Crippen LogP contribution in [0.25, 0.3) is 0 Å². The van der Waals surface area contributed by atoms with E-state index in [2.05, 4.69) is 42.2 Å². The number of hydrogen-bond donors (Lipinski definition) is 3. The van der Waals surface area contributed by atoms with Crippen molar-refractivity contribution in [2.75, 3.05) is 0 Å². The van der Waals surface area contributed by atoms with Crippen molar-refractivity contribution in [2.45, 2.75) is 0 Å². The number of carbonyl (C=O) groups is 1. The standard InChI is InChI=1S/C8H8Br2N4O/c9-4-1-2-5(10)6(3-4)13-7(11)14-8(12)15/h1-3H,(H5,11,12,13,14,15). The average molecular weight is 336 g/mol. The summed E-state index contributed by atoms with van der Waals surface area (Å²) in [7, 11) is 0. The molecule has 80 valence electrons. The van der Waals surface area contributed by atoms with Crippen molar-refractivity contribution < 1.29 is 4.79 Å². The average Bonchev–Trinajstić information content (AvgIpc) is 2.10. The maximum absolute atomic E-state index is 10.5. The van der Waals surface area contributed by atoms with Crippen LogP contribution in [0, 0.1) is 0 Å². The fraction of sp³-hybridized carbons (Fsp3) is 0. The zero-order valence-electron chi connectivity index (χ0n) is 7.50. The number of rotatable bonds is 1. The number of nitrogens with zero attached hydrogens (tertiary/aromatic N) is 1. The van der Waals surface area contributed by atoms with Gasteiger partial charge in [-0.2, -0.15) is 0 Å². The first-order valence-corrected chi connectivity index (χ1v) is 5.43. The SMILES string of the molecule is NC(=O)NC(N)=Nc1cc(Br)ccc1Br. The molecule has 0 aliphatic carbocycles. The molecular weight excluding hydrogens is 328 g/mol. The minimum absolute atomic E-state index is 0.0544. The summed E-state index contributed by atoms with van der Waals surface area (Å²) in [6, 6.07) is 4.66. The number of amides is 2. The topological polar surface area (TPSA) is 93.5 Å². The second-order valence-electron chi connectivity index (χ2n) is 2.58. The predicted octanol–water partition coefficient (Wildman–Crippen LogP) is 1.83. The summed E-state index contributed by atoms with van der Waals surface area (Å²) in [5.41, 5.74) is 10.9. The summed E-state index contributed by atoms with van der Waals surface area (Å²) in [5, 5.41) is 2.17. The van der Waals surface area contributed by atoms with E-state index in [1.165, 1.54) is 0 Å². The van der Waals surface area contributed by atoms with Crippen molar-refractivity contribution in [3.8, 4) is 0 Å². The van der Waals surface area contributed by atoms with E-state index in [1.54, 1.807) is 12.1 Å². The molecule has 0 atom stereocenters. The Morgan fingerprint density at radius 3 is 2.60 bits per heavy atom. The molecule has 1 aromatic carbocycles. The fourth-order valence-electron chi connectivity index (χ4n) is 0.855. The van der Waals surface area contributed by atoms with Crippen molar-refractivity contribution in [1.29, 1.82) is 0 Å². The van der Waals surface area contributed by atoms with Gasteiger partial charge in [-0.05, 0) is 34.1 Å². The van der Waals surface area contributed by atoms with Crippen LogP contribution in [0.3, 0.4) is 0 Å². The maximum Gasteiger partial charge on any atom is 0.318 e. The van der Waals surface area contributed by atoms with Crippen LogP contribution in [0.15, 0.2) is 32.1 Å². The van der Waals surface area contributed by atoms with Crippen LogP contribution in [0.1, 0.15) is 0 Å². The van der Waals surface area contributed by atoms with Crippen molar-refractivity contribution in [3.05, 3.63) is 27.1 Å². The van der Waals surface area contributed by atoms with Crippen LogP contribution < -0.4 is 16.8 Å². The second-order valence-corrected chi connectivity index (χ2v) is 4.35. The molecule has 0 spiro atoms. The van der Waals surface area contributed by atoms with Gasteiger partial charge >= 0.3 is 6.03 Å². The molecule has 0 aliphatic heterocycles. The van der Waals surface area contributed by atoms with Gasteiger partial charge in [0, 0.05) is 8.95 Å². The van der Waals surface area contributed by atoms with Gasteiger partial charge in [0.1, 0.15) is 0 Å². The van der Waals surface area contributed by atoms with Crippen molar-refractivity contribution in [2.24, 2.45) is 16.5 Å². The summed E-state index contributed by atoms with van der Waals surface area (Å²) >= 11 is 6.59. The van der Waals surface area contributed by atoms with E-state index >= 15 is 0 Å². The third kappa shape index (κ3) is 3.88. The van der Waals surface area contributed by atoms with Gasteiger partial charge in [0.2, 0.25) is 5.96 Å². The Morgan fingerprint density at radius 1 is 1.33 bits per heavy atom. The molecule has 5 N–H and O–H groups in total. The molecule has 2 amide bonds. The van der Waals surface area contributed by atoms with E-state index in [1.807, 2.05) is 6.07 Å². The van der Waals surface area contributed by atoms with Crippen LogP contribution in [-0.4, -0.2) is 12.0 Å². The highest BCUT2D eigenvalue weighted by Crippen LogP contribution is 2.28. The Hall–Kier alpha value is -1.08. The third-order valence-electron chi connectivity index (χ3n) is 1.40. The van der Waals surface area contributed by atoms with E-state index in [-0.39, 0.29) is 5.96 Å². The smallest absolute Gasteiger partial charge is 0.318 e. The molecule has 15 heavy (non-hydrogen) atoms. The highest BCUT2D eigenvalue weighted by Gasteiger charge is 2.01. The number of carbonyl (C=O) groups excluding carboxylic acids is 1. The summed E-state index contributed by atoms with van der Waals surface area (Å²) in [4.78, 5) is 14.4. The van der Waals surface area contributed by atoms with Crippen LogP contribution in [-0.2, 0) is 0 Å². The van der Waals surface area contributed by atoms with E-state index in [0.717, 1.165) is 8.95 Å². The van der Waals surface area contributed by atoms with E-state index in [9.17, 15) is 4.79 Å². The summed E-state index contributed by atoms with van der Waals surface area (Å²) < 4.78 is 1.62. The number of urea groups is 1. The lowest BCUT2D eigenvalue weighted by Crippen LogP contribution is -2.39. The van der Waals surface area contributed by atoms with Gasteiger partial charge in [0.25, 0.3) is 0 Å². The molecule has 0 aliphatic rings. The first-order valence-electron chi connectivity index (χ1n) is 3.84. The van der Waals surface area contributed by atoms with Gasteiger partial charge in [-0.15, -0.1) is 0 Å². The summed E-state index contributed by atoms with van der Waals surface area (Å²) in [6.07, 6.45) is 0. The second kappa shape index (κ2) is 5.13. The molecule has 0 heterocycles. The number of guanidine groups is 1. The lowest BCUT2D eigenvalue weighted by atomic mass is 10.3. The summed E-state index contributed by atoms with van der Waals surface area (Å²) in [6.45, 7) is 0. The fourth-order valence-corrected chi connectivity index (χ4v) is 1.54. The molecule has 0 radical (unpaired) electrons. The molecule has 0 bridgehead atoms.